The number of phenolic OH excluding ortho intramolecular Hbond substituents is 1. The Morgan fingerprint density at radius 2 is 2.20 bits per heavy atom. The molecule has 0 saturated carbocycles. The van der Waals surface area contributed by atoms with Gasteiger partial charge in [-0.25, -0.2) is 0 Å². The number of amides is 1. The Morgan fingerprint density at radius 1 is 1.40 bits per heavy atom. The van der Waals surface area contributed by atoms with Crippen molar-refractivity contribution in [3.8, 4) is 17.2 Å². The highest BCUT2D eigenvalue weighted by atomic mass is 16.4. The van der Waals surface area contributed by atoms with E-state index in [-0.39, 0.29) is 17.5 Å². The molecule has 0 bridgehead atoms. The molecule has 1 heterocycles. The number of benzene rings is 1. The number of aromatic nitrogens is 2. The predicted molar refractivity (Wildman–Crippen MR) is 49.9 cm³/mol. The first-order valence-corrected chi connectivity index (χ1v) is 4.09. The summed E-state index contributed by atoms with van der Waals surface area (Å²) in [5, 5.41) is 16.3. The van der Waals surface area contributed by atoms with Gasteiger partial charge >= 0.3 is 11.8 Å². The van der Waals surface area contributed by atoms with Crippen LogP contribution in [-0.4, -0.2) is 21.2 Å². The van der Waals surface area contributed by atoms with Gasteiger partial charge in [0.25, 0.3) is 0 Å². The molecule has 1 amide bonds. The van der Waals surface area contributed by atoms with E-state index in [0.29, 0.717) is 5.56 Å². The van der Waals surface area contributed by atoms with E-state index in [1.54, 1.807) is 12.1 Å². The number of rotatable bonds is 2. The van der Waals surface area contributed by atoms with E-state index in [1.165, 1.54) is 12.1 Å². The fourth-order valence-corrected chi connectivity index (χ4v) is 1.08. The van der Waals surface area contributed by atoms with E-state index in [9.17, 15) is 9.90 Å². The Kier molecular flexibility index (Phi) is 2.09. The van der Waals surface area contributed by atoms with Crippen LogP contribution in [0.15, 0.2) is 28.7 Å². The van der Waals surface area contributed by atoms with Gasteiger partial charge in [-0.05, 0) is 18.2 Å². The number of nitrogens with two attached hydrogens (primary N) is 1. The normalized spacial score (nSPS) is 10.1. The lowest BCUT2D eigenvalue weighted by Crippen LogP contribution is -2.10. The number of hydrogen-bond acceptors (Lipinski definition) is 5. The lowest BCUT2D eigenvalue weighted by Gasteiger charge is -1.94. The van der Waals surface area contributed by atoms with Crippen LogP contribution in [-0.2, 0) is 0 Å². The maximum atomic E-state index is 10.7. The van der Waals surface area contributed by atoms with Crippen molar-refractivity contribution in [1.82, 2.24) is 10.2 Å². The second-order valence-corrected chi connectivity index (χ2v) is 2.83. The Labute approximate surface area is 84.4 Å². The van der Waals surface area contributed by atoms with E-state index in [4.69, 9.17) is 10.2 Å². The van der Waals surface area contributed by atoms with Gasteiger partial charge in [0.05, 0.1) is 0 Å². The second kappa shape index (κ2) is 3.41. The van der Waals surface area contributed by atoms with Gasteiger partial charge in [0.1, 0.15) is 5.75 Å². The molecule has 3 N–H and O–H groups in total. The highest BCUT2D eigenvalue weighted by Gasteiger charge is 2.12. The molecule has 6 nitrogen and oxygen atoms in total. The summed E-state index contributed by atoms with van der Waals surface area (Å²) >= 11 is 0. The van der Waals surface area contributed by atoms with Crippen LogP contribution in [0.25, 0.3) is 11.5 Å². The van der Waals surface area contributed by atoms with Crippen LogP contribution in [0, 0.1) is 0 Å². The topological polar surface area (TPSA) is 102 Å². The van der Waals surface area contributed by atoms with Crippen molar-refractivity contribution in [2.75, 3.05) is 0 Å². The third-order valence-electron chi connectivity index (χ3n) is 1.73. The van der Waals surface area contributed by atoms with E-state index in [0.717, 1.165) is 0 Å². The maximum absolute atomic E-state index is 10.7. The molecule has 0 aliphatic carbocycles. The zero-order valence-corrected chi connectivity index (χ0v) is 7.54. The number of aromatic hydroxyl groups is 1. The Hall–Kier alpha value is -2.37. The second-order valence-electron chi connectivity index (χ2n) is 2.83. The summed E-state index contributed by atoms with van der Waals surface area (Å²) in [5.74, 6) is -0.826. The number of carbonyl (C=O) groups is 1. The van der Waals surface area contributed by atoms with E-state index in [1.807, 2.05) is 0 Å². The van der Waals surface area contributed by atoms with Crippen molar-refractivity contribution in [3.05, 3.63) is 30.2 Å². The average Bonchev–Trinajstić information content (AvgIpc) is 2.66. The van der Waals surface area contributed by atoms with Crippen LogP contribution in [0.4, 0.5) is 0 Å². The van der Waals surface area contributed by atoms with Crippen molar-refractivity contribution in [1.29, 1.82) is 0 Å². The number of nitrogens with zero attached hydrogens (tertiary/aromatic N) is 2. The third kappa shape index (κ3) is 1.78. The van der Waals surface area contributed by atoms with E-state index >= 15 is 0 Å². The summed E-state index contributed by atoms with van der Waals surface area (Å²) in [5.41, 5.74) is 5.47. The molecule has 1 aromatic carbocycles. The van der Waals surface area contributed by atoms with Crippen molar-refractivity contribution < 1.29 is 14.3 Å². The van der Waals surface area contributed by atoms with Gasteiger partial charge in [-0.1, -0.05) is 6.07 Å². The van der Waals surface area contributed by atoms with Gasteiger partial charge in [0.15, 0.2) is 0 Å². The summed E-state index contributed by atoms with van der Waals surface area (Å²) < 4.78 is 4.98. The van der Waals surface area contributed by atoms with Crippen LogP contribution in [0.3, 0.4) is 0 Å². The highest BCUT2D eigenvalue weighted by Crippen LogP contribution is 2.21. The smallest absolute Gasteiger partial charge is 0.306 e. The molecule has 0 radical (unpaired) electrons. The summed E-state index contributed by atoms with van der Waals surface area (Å²) in [4.78, 5) is 10.7. The van der Waals surface area contributed by atoms with Gasteiger partial charge in [-0.15, -0.1) is 10.2 Å². The molecule has 2 aromatic rings. The van der Waals surface area contributed by atoms with Crippen molar-refractivity contribution >= 4 is 5.91 Å². The molecule has 0 saturated heterocycles. The fraction of sp³-hybridized carbons (Fsp3) is 0. The molecule has 76 valence electrons. The van der Waals surface area contributed by atoms with Gasteiger partial charge < -0.3 is 15.3 Å². The Bertz CT molecular complexity index is 507. The van der Waals surface area contributed by atoms with Crippen LogP contribution in [0.5, 0.6) is 5.75 Å². The third-order valence-corrected chi connectivity index (χ3v) is 1.73. The van der Waals surface area contributed by atoms with E-state index in [2.05, 4.69) is 10.2 Å². The maximum Gasteiger partial charge on any atom is 0.306 e. The molecule has 2 rings (SSSR count). The van der Waals surface area contributed by atoms with Crippen molar-refractivity contribution in [2.45, 2.75) is 0 Å². The zero-order valence-electron chi connectivity index (χ0n) is 7.54. The van der Waals surface area contributed by atoms with Gasteiger partial charge in [-0.3, -0.25) is 4.79 Å². The molecule has 15 heavy (non-hydrogen) atoms. The minimum atomic E-state index is -0.783. The standard InChI is InChI=1S/C9H7N3O3/c10-7(14)9-12-11-8(15-9)5-2-1-3-6(13)4-5/h1-4,13H,(H2,10,14). The SMILES string of the molecule is NC(=O)c1nnc(-c2cccc(O)c2)o1. The lowest BCUT2D eigenvalue weighted by molar-refractivity contribution is 0.0968. The molecule has 6 heteroatoms. The first-order chi connectivity index (χ1) is 7.16. The monoisotopic (exact) mass is 205 g/mol. The summed E-state index contributed by atoms with van der Waals surface area (Å²) in [6, 6.07) is 6.24. The molecule has 0 unspecified atom stereocenters. The predicted octanol–water partition coefficient (Wildman–Crippen LogP) is 0.541. The zero-order chi connectivity index (χ0) is 10.8. The van der Waals surface area contributed by atoms with E-state index < -0.39 is 5.91 Å². The van der Waals surface area contributed by atoms with Crippen LogP contribution in [0.1, 0.15) is 10.7 Å². The number of carbonyl (C=O) groups excluding carboxylic acids is 1. The van der Waals surface area contributed by atoms with Gasteiger partial charge in [-0.2, -0.15) is 0 Å². The first kappa shape index (κ1) is 9.20. The molecule has 0 fully saturated rings. The Balaban J connectivity index is 2.41. The molecule has 0 aliphatic rings. The fourth-order valence-electron chi connectivity index (χ4n) is 1.08. The minimum Gasteiger partial charge on any atom is -0.508 e. The Morgan fingerprint density at radius 3 is 2.80 bits per heavy atom. The number of hydrogen-bond donors (Lipinski definition) is 2. The average molecular weight is 205 g/mol. The number of primary amides is 1. The number of phenols is 1. The lowest BCUT2D eigenvalue weighted by atomic mass is 10.2. The molecular formula is C9H7N3O3. The summed E-state index contributed by atoms with van der Waals surface area (Å²) in [6.45, 7) is 0. The minimum absolute atomic E-state index is 0.0753. The van der Waals surface area contributed by atoms with Gasteiger partial charge in [0.2, 0.25) is 5.89 Å². The molecular weight excluding hydrogens is 198 g/mol. The first-order valence-electron chi connectivity index (χ1n) is 4.09. The van der Waals surface area contributed by atoms with Gasteiger partial charge in [0, 0.05) is 5.56 Å². The molecule has 0 atom stereocenters. The molecule has 0 spiro atoms. The van der Waals surface area contributed by atoms with Crippen molar-refractivity contribution in [2.24, 2.45) is 5.73 Å². The van der Waals surface area contributed by atoms with Crippen LogP contribution in [0.2, 0.25) is 0 Å². The quantitative estimate of drug-likeness (QED) is 0.744. The highest BCUT2D eigenvalue weighted by molar-refractivity contribution is 5.88. The van der Waals surface area contributed by atoms with Crippen LogP contribution >= 0.6 is 0 Å². The molecule has 1 aromatic heterocycles. The van der Waals surface area contributed by atoms with Crippen molar-refractivity contribution in [3.63, 3.8) is 0 Å². The molecule has 0 aliphatic heterocycles. The largest absolute Gasteiger partial charge is 0.508 e. The van der Waals surface area contributed by atoms with Crippen LogP contribution < -0.4 is 5.73 Å². The summed E-state index contributed by atoms with van der Waals surface area (Å²) in [6.07, 6.45) is 0. The summed E-state index contributed by atoms with van der Waals surface area (Å²) in [7, 11) is 0.